The van der Waals surface area contributed by atoms with Crippen LogP contribution in [0.2, 0.25) is 0 Å². The lowest BCUT2D eigenvalue weighted by atomic mass is 10.3. The van der Waals surface area contributed by atoms with Crippen LogP contribution in [0.15, 0.2) is 18.3 Å². The molecule has 0 aliphatic heterocycles. The van der Waals surface area contributed by atoms with E-state index in [9.17, 15) is 4.79 Å². The van der Waals surface area contributed by atoms with Gasteiger partial charge in [-0.1, -0.05) is 0 Å². The Morgan fingerprint density at radius 1 is 1.62 bits per heavy atom. The smallest absolute Gasteiger partial charge is 0.339 e. The normalized spacial score (nSPS) is 11.9. The van der Waals surface area contributed by atoms with E-state index in [1.165, 1.54) is 6.20 Å². The average Bonchev–Trinajstić information content (AvgIpc) is 2.27. The molecule has 0 radical (unpaired) electrons. The number of esters is 1. The Kier molecular flexibility index (Phi) is 4.72. The maximum Gasteiger partial charge on any atom is 0.339 e. The summed E-state index contributed by atoms with van der Waals surface area (Å²) in [6, 6.07) is 3.47. The molecular weight excluding hydrogens is 206 g/mol. The summed E-state index contributed by atoms with van der Waals surface area (Å²) in [5.41, 5.74) is 6.05. The van der Waals surface area contributed by atoms with Crippen molar-refractivity contribution in [3.63, 3.8) is 0 Å². The highest BCUT2D eigenvalue weighted by atomic mass is 16.5. The number of hydrogen-bond acceptors (Lipinski definition) is 5. The minimum atomic E-state index is -0.353. The van der Waals surface area contributed by atoms with E-state index in [1.54, 1.807) is 19.1 Å². The predicted octanol–water partition coefficient (Wildman–Crippen LogP) is 1.02. The third-order valence-corrected chi connectivity index (χ3v) is 1.88. The van der Waals surface area contributed by atoms with Gasteiger partial charge in [0.05, 0.1) is 12.2 Å². The van der Waals surface area contributed by atoms with Gasteiger partial charge in [0.25, 0.3) is 0 Å². The molecule has 1 atom stereocenters. The minimum Gasteiger partial charge on any atom is -0.462 e. The van der Waals surface area contributed by atoms with Crippen molar-refractivity contribution < 1.29 is 9.53 Å². The largest absolute Gasteiger partial charge is 0.462 e. The second kappa shape index (κ2) is 6.07. The van der Waals surface area contributed by atoms with E-state index < -0.39 is 0 Å². The fraction of sp³-hybridized carbons (Fsp3) is 0.455. The number of ether oxygens (including phenoxy) is 1. The monoisotopic (exact) mass is 223 g/mol. The van der Waals surface area contributed by atoms with E-state index >= 15 is 0 Å². The van der Waals surface area contributed by atoms with Gasteiger partial charge in [0.15, 0.2) is 0 Å². The Balaban J connectivity index is 2.57. The number of nitrogens with zero attached hydrogens (tertiary/aromatic N) is 1. The molecule has 0 aromatic carbocycles. The molecule has 0 bridgehead atoms. The van der Waals surface area contributed by atoms with Gasteiger partial charge in [-0.3, -0.25) is 0 Å². The molecule has 0 amide bonds. The highest BCUT2D eigenvalue weighted by Gasteiger charge is 2.06. The number of hydrogen-bond donors (Lipinski definition) is 2. The van der Waals surface area contributed by atoms with Gasteiger partial charge < -0.3 is 15.8 Å². The SMILES string of the molecule is CCOC(=O)c1ccc(NCC(C)N)nc1. The number of nitrogens with two attached hydrogens (primary N) is 1. The molecule has 0 saturated carbocycles. The standard InChI is InChI=1S/C11H17N3O2/c1-3-16-11(15)9-4-5-10(14-7-9)13-6-8(2)12/h4-5,7-8H,3,6,12H2,1-2H3,(H,13,14). The fourth-order valence-corrected chi connectivity index (χ4v) is 1.10. The molecule has 1 rings (SSSR count). The molecule has 1 unspecified atom stereocenters. The molecule has 0 fully saturated rings. The second-order valence-electron chi connectivity index (χ2n) is 3.51. The molecule has 1 aromatic rings. The van der Waals surface area contributed by atoms with Crippen LogP contribution in [-0.4, -0.2) is 30.1 Å². The molecule has 16 heavy (non-hydrogen) atoms. The van der Waals surface area contributed by atoms with Crippen molar-refractivity contribution in [2.75, 3.05) is 18.5 Å². The van der Waals surface area contributed by atoms with Crippen molar-refractivity contribution in [3.05, 3.63) is 23.9 Å². The first kappa shape index (κ1) is 12.4. The van der Waals surface area contributed by atoms with Gasteiger partial charge in [0.1, 0.15) is 5.82 Å². The number of anilines is 1. The Hall–Kier alpha value is -1.62. The van der Waals surface area contributed by atoms with Crippen LogP contribution in [0.4, 0.5) is 5.82 Å². The Labute approximate surface area is 95.0 Å². The lowest BCUT2D eigenvalue weighted by molar-refractivity contribution is 0.0526. The van der Waals surface area contributed by atoms with Crippen LogP contribution in [0.3, 0.4) is 0 Å². The lowest BCUT2D eigenvalue weighted by Gasteiger charge is -2.08. The maximum atomic E-state index is 11.3. The van der Waals surface area contributed by atoms with E-state index in [-0.39, 0.29) is 12.0 Å². The molecule has 0 spiro atoms. The number of pyridine rings is 1. The van der Waals surface area contributed by atoms with Crippen LogP contribution < -0.4 is 11.1 Å². The Morgan fingerprint density at radius 3 is 2.88 bits per heavy atom. The third-order valence-electron chi connectivity index (χ3n) is 1.88. The highest BCUT2D eigenvalue weighted by Crippen LogP contribution is 2.06. The zero-order chi connectivity index (χ0) is 12.0. The van der Waals surface area contributed by atoms with Crippen LogP contribution in [0.1, 0.15) is 24.2 Å². The summed E-state index contributed by atoms with van der Waals surface area (Å²) in [5, 5.41) is 3.05. The van der Waals surface area contributed by atoms with Crippen molar-refractivity contribution in [1.82, 2.24) is 4.98 Å². The van der Waals surface area contributed by atoms with Crippen molar-refractivity contribution in [2.45, 2.75) is 19.9 Å². The van der Waals surface area contributed by atoms with Gasteiger partial charge in [0, 0.05) is 18.8 Å². The lowest BCUT2D eigenvalue weighted by Crippen LogP contribution is -2.25. The zero-order valence-electron chi connectivity index (χ0n) is 9.56. The molecular formula is C11H17N3O2. The van der Waals surface area contributed by atoms with Crippen LogP contribution >= 0.6 is 0 Å². The van der Waals surface area contributed by atoms with Crippen LogP contribution in [-0.2, 0) is 4.74 Å². The first-order chi connectivity index (χ1) is 7.63. The van der Waals surface area contributed by atoms with Crippen LogP contribution in [0.25, 0.3) is 0 Å². The molecule has 1 aromatic heterocycles. The molecule has 0 saturated heterocycles. The van der Waals surface area contributed by atoms with Crippen molar-refractivity contribution >= 4 is 11.8 Å². The summed E-state index contributed by atoms with van der Waals surface area (Å²) < 4.78 is 4.85. The molecule has 5 nitrogen and oxygen atoms in total. The van der Waals surface area contributed by atoms with E-state index in [1.807, 2.05) is 6.92 Å². The third kappa shape index (κ3) is 3.86. The molecule has 0 aliphatic rings. The average molecular weight is 223 g/mol. The summed E-state index contributed by atoms with van der Waals surface area (Å²) in [4.78, 5) is 15.4. The van der Waals surface area contributed by atoms with Crippen molar-refractivity contribution in [1.29, 1.82) is 0 Å². The Bertz CT molecular complexity index is 336. The van der Waals surface area contributed by atoms with Gasteiger partial charge in [-0.15, -0.1) is 0 Å². The molecule has 3 N–H and O–H groups in total. The zero-order valence-corrected chi connectivity index (χ0v) is 9.56. The highest BCUT2D eigenvalue weighted by molar-refractivity contribution is 5.89. The van der Waals surface area contributed by atoms with Gasteiger partial charge >= 0.3 is 5.97 Å². The molecule has 88 valence electrons. The predicted molar refractivity (Wildman–Crippen MR) is 62.3 cm³/mol. The van der Waals surface area contributed by atoms with Gasteiger partial charge in [0.2, 0.25) is 0 Å². The number of carbonyl (C=O) groups is 1. The first-order valence-electron chi connectivity index (χ1n) is 5.26. The van der Waals surface area contributed by atoms with Crippen molar-refractivity contribution in [2.24, 2.45) is 5.73 Å². The van der Waals surface area contributed by atoms with Gasteiger partial charge in [-0.2, -0.15) is 0 Å². The minimum absolute atomic E-state index is 0.0616. The van der Waals surface area contributed by atoms with E-state index in [0.29, 0.717) is 24.5 Å². The molecule has 5 heteroatoms. The first-order valence-corrected chi connectivity index (χ1v) is 5.26. The fourth-order valence-electron chi connectivity index (χ4n) is 1.10. The van der Waals surface area contributed by atoms with E-state index in [4.69, 9.17) is 10.5 Å². The summed E-state index contributed by atoms with van der Waals surface area (Å²) in [5.74, 6) is 0.346. The summed E-state index contributed by atoms with van der Waals surface area (Å²) in [7, 11) is 0. The quantitative estimate of drug-likeness (QED) is 0.729. The number of carbonyl (C=O) groups excluding carboxylic acids is 1. The summed E-state index contributed by atoms with van der Waals surface area (Å²) in [6.45, 7) is 4.68. The van der Waals surface area contributed by atoms with Crippen LogP contribution in [0, 0.1) is 0 Å². The molecule has 1 heterocycles. The van der Waals surface area contributed by atoms with E-state index in [0.717, 1.165) is 0 Å². The maximum absolute atomic E-state index is 11.3. The Morgan fingerprint density at radius 2 is 2.38 bits per heavy atom. The number of rotatable bonds is 5. The summed E-state index contributed by atoms with van der Waals surface area (Å²) >= 11 is 0. The topological polar surface area (TPSA) is 77.2 Å². The second-order valence-corrected chi connectivity index (χ2v) is 3.51. The molecule has 0 aliphatic carbocycles. The number of aromatic nitrogens is 1. The van der Waals surface area contributed by atoms with E-state index in [2.05, 4.69) is 10.3 Å². The number of nitrogens with one attached hydrogen (secondary N) is 1. The van der Waals surface area contributed by atoms with Gasteiger partial charge in [-0.05, 0) is 26.0 Å². The van der Waals surface area contributed by atoms with Crippen molar-refractivity contribution in [3.8, 4) is 0 Å². The van der Waals surface area contributed by atoms with Crippen LogP contribution in [0.5, 0.6) is 0 Å². The van der Waals surface area contributed by atoms with Gasteiger partial charge in [-0.25, -0.2) is 9.78 Å². The summed E-state index contributed by atoms with van der Waals surface area (Å²) in [6.07, 6.45) is 1.49.